The van der Waals surface area contributed by atoms with Gasteiger partial charge in [0.05, 0.1) is 18.8 Å². The van der Waals surface area contributed by atoms with Crippen LogP contribution in [0.5, 0.6) is 0 Å². The minimum Gasteiger partial charge on any atom is -0.344 e. The van der Waals surface area contributed by atoms with Crippen molar-refractivity contribution in [3.8, 4) is 6.07 Å². The normalized spacial score (nSPS) is 28.2. The molecule has 0 spiro atoms. The number of carbonyl (C=O) groups is 3. The Kier molecular flexibility index (Phi) is 5.47. The maximum absolute atomic E-state index is 12.8. The first-order valence-corrected chi connectivity index (χ1v) is 10.1. The van der Waals surface area contributed by atoms with E-state index in [2.05, 4.69) is 21.7 Å². The molecule has 4 heterocycles. The van der Waals surface area contributed by atoms with Gasteiger partial charge in [-0.05, 0) is 19.3 Å². The second kappa shape index (κ2) is 7.96. The van der Waals surface area contributed by atoms with Gasteiger partial charge < -0.3 is 14.8 Å². The molecule has 1 aromatic heterocycles. The average molecular weight is 438 g/mol. The van der Waals surface area contributed by atoms with Crippen LogP contribution < -0.4 is 10.6 Å². The summed E-state index contributed by atoms with van der Waals surface area (Å²) in [5, 5.41) is 14.7. The van der Waals surface area contributed by atoms with Gasteiger partial charge in [-0.2, -0.15) is 18.4 Å². The SMILES string of the molecule is N#C[C@@H]1CCCN1C(=O)[C@@H]1C[C@@H](CC(=O)C2Cc3nc(C(F)(F)F)cn3CN2)C(=O)N1. The van der Waals surface area contributed by atoms with Crippen LogP contribution in [-0.2, 0) is 33.6 Å². The van der Waals surface area contributed by atoms with E-state index in [0.717, 1.165) is 12.6 Å². The van der Waals surface area contributed by atoms with E-state index in [4.69, 9.17) is 5.26 Å². The van der Waals surface area contributed by atoms with Crippen LogP contribution in [0.2, 0.25) is 0 Å². The molecule has 0 aliphatic carbocycles. The summed E-state index contributed by atoms with van der Waals surface area (Å²) in [6.45, 7) is 0.475. The molecular weight excluding hydrogens is 417 g/mol. The minimum absolute atomic E-state index is 0.0107. The van der Waals surface area contributed by atoms with Crippen LogP contribution in [0.4, 0.5) is 13.2 Å². The highest BCUT2D eigenvalue weighted by Crippen LogP contribution is 2.30. The number of nitrogens with one attached hydrogen (secondary N) is 2. The Balaban J connectivity index is 1.36. The zero-order valence-electron chi connectivity index (χ0n) is 16.5. The third-order valence-corrected chi connectivity index (χ3v) is 6.07. The van der Waals surface area contributed by atoms with Gasteiger partial charge in [-0.25, -0.2) is 4.98 Å². The number of rotatable bonds is 4. The van der Waals surface area contributed by atoms with E-state index in [0.29, 0.717) is 13.0 Å². The molecule has 0 radical (unpaired) electrons. The van der Waals surface area contributed by atoms with E-state index in [-0.39, 0.29) is 43.4 Å². The van der Waals surface area contributed by atoms with Gasteiger partial charge in [0.15, 0.2) is 11.5 Å². The molecule has 2 amide bonds. The summed E-state index contributed by atoms with van der Waals surface area (Å²) >= 11 is 0. The van der Waals surface area contributed by atoms with Crippen molar-refractivity contribution in [2.75, 3.05) is 6.54 Å². The standard InChI is InChI=1S/C19H21F3N6O3/c20-19(21,22)15-8-27-9-24-12(6-16(27)26-15)14(29)5-10-4-13(25-17(10)30)18(31)28-3-1-2-11(28)7-23/h8,10-13,24H,1-6,9H2,(H,25,30)/t10-,11-,12?,13-/m0/s1. The zero-order valence-corrected chi connectivity index (χ0v) is 16.5. The van der Waals surface area contributed by atoms with Crippen LogP contribution in [0.1, 0.15) is 37.2 Å². The summed E-state index contributed by atoms with van der Waals surface area (Å²) in [6.07, 6.45) is -2.32. The van der Waals surface area contributed by atoms with Crippen molar-refractivity contribution < 1.29 is 27.6 Å². The molecule has 0 aromatic carbocycles. The van der Waals surface area contributed by atoms with Gasteiger partial charge in [0.1, 0.15) is 17.9 Å². The summed E-state index contributed by atoms with van der Waals surface area (Å²) in [5.74, 6) is -1.57. The maximum atomic E-state index is 12.8. The van der Waals surface area contributed by atoms with Crippen LogP contribution in [0, 0.1) is 17.2 Å². The fraction of sp³-hybridized carbons (Fsp3) is 0.632. The molecule has 3 aliphatic heterocycles. The van der Waals surface area contributed by atoms with Gasteiger partial charge in [0.25, 0.3) is 0 Å². The van der Waals surface area contributed by atoms with Crippen molar-refractivity contribution in [2.45, 2.75) is 63.1 Å². The number of alkyl halides is 3. The number of nitrogens with zero attached hydrogens (tertiary/aromatic N) is 4. The molecule has 2 N–H and O–H groups in total. The first kappa shape index (κ1) is 21.3. The molecule has 12 heteroatoms. The summed E-state index contributed by atoms with van der Waals surface area (Å²) in [7, 11) is 0. The third-order valence-electron chi connectivity index (χ3n) is 6.07. The summed E-state index contributed by atoms with van der Waals surface area (Å²) in [5.41, 5.74) is -1.01. The molecule has 9 nitrogen and oxygen atoms in total. The Labute approximate surface area is 175 Å². The smallest absolute Gasteiger partial charge is 0.344 e. The Hall–Kier alpha value is -2.94. The van der Waals surface area contributed by atoms with E-state index in [1.807, 2.05) is 0 Å². The first-order valence-electron chi connectivity index (χ1n) is 10.1. The molecule has 31 heavy (non-hydrogen) atoms. The average Bonchev–Trinajstić information content (AvgIpc) is 3.44. The van der Waals surface area contributed by atoms with Crippen LogP contribution in [0.3, 0.4) is 0 Å². The summed E-state index contributed by atoms with van der Waals surface area (Å²) in [6, 6.07) is 0.0672. The number of ketones is 1. The number of fused-ring (bicyclic) bond motifs is 1. The lowest BCUT2D eigenvalue weighted by Gasteiger charge is -2.24. The number of imidazole rings is 1. The highest BCUT2D eigenvalue weighted by atomic mass is 19.4. The fourth-order valence-corrected chi connectivity index (χ4v) is 4.41. The highest BCUT2D eigenvalue weighted by molar-refractivity contribution is 5.95. The molecule has 166 valence electrons. The second-order valence-electron chi connectivity index (χ2n) is 8.11. The van der Waals surface area contributed by atoms with Crippen molar-refractivity contribution in [3.63, 3.8) is 0 Å². The number of carbonyl (C=O) groups excluding carboxylic acids is 3. The molecule has 4 rings (SSSR count). The van der Waals surface area contributed by atoms with Crippen molar-refractivity contribution in [2.24, 2.45) is 5.92 Å². The largest absolute Gasteiger partial charge is 0.434 e. The van der Waals surface area contributed by atoms with Gasteiger partial charge in [0.2, 0.25) is 11.8 Å². The molecule has 3 aliphatic rings. The topological polar surface area (TPSA) is 120 Å². The third kappa shape index (κ3) is 4.14. The second-order valence-corrected chi connectivity index (χ2v) is 8.11. The Morgan fingerprint density at radius 3 is 2.81 bits per heavy atom. The number of Topliss-reactive ketones (excluding diaryl/α,β-unsaturated/α-hetero) is 1. The Morgan fingerprint density at radius 2 is 2.10 bits per heavy atom. The lowest BCUT2D eigenvalue weighted by Crippen LogP contribution is -2.46. The molecule has 2 saturated heterocycles. The van der Waals surface area contributed by atoms with E-state index in [9.17, 15) is 27.6 Å². The van der Waals surface area contributed by atoms with Crippen LogP contribution in [-0.4, -0.2) is 56.7 Å². The van der Waals surface area contributed by atoms with E-state index >= 15 is 0 Å². The van der Waals surface area contributed by atoms with Crippen LogP contribution in [0.25, 0.3) is 0 Å². The first-order chi connectivity index (χ1) is 14.7. The van der Waals surface area contributed by atoms with Crippen LogP contribution in [0.15, 0.2) is 6.20 Å². The lowest BCUT2D eigenvalue weighted by atomic mass is 9.93. The van der Waals surface area contributed by atoms with Gasteiger partial charge in [0, 0.05) is 31.5 Å². The molecule has 4 atom stereocenters. The zero-order chi connectivity index (χ0) is 22.3. The predicted octanol–water partition coefficient (Wildman–Crippen LogP) is 0.352. The van der Waals surface area contributed by atoms with Gasteiger partial charge in [-0.3, -0.25) is 19.7 Å². The summed E-state index contributed by atoms with van der Waals surface area (Å²) < 4.78 is 39.9. The quantitative estimate of drug-likeness (QED) is 0.700. The molecule has 0 bridgehead atoms. The number of nitriles is 1. The number of halogens is 3. The number of hydrogen-bond donors (Lipinski definition) is 2. The van der Waals surface area contributed by atoms with E-state index < -0.39 is 41.8 Å². The van der Waals surface area contributed by atoms with Crippen molar-refractivity contribution >= 4 is 17.6 Å². The Morgan fingerprint density at radius 1 is 1.32 bits per heavy atom. The molecule has 2 fully saturated rings. The lowest BCUT2D eigenvalue weighted by molar-refractivity contribution is -0.141. The number of aromatic nitrogens is 2. The van der Waals surface area contributed by atoms with Gasteiger partial charge >= 0.3 is 6.18 Å². The van der Waals surface area contributed by atoms with Crippen molar-refractivity contribution in [3.05, 3.63) is 17.7 Å². The predicted molar refractivity (Wildman–Crippen MR) is 97.9 cm³/mol. The van der Waals surface area contributed by atoms with E-state index in [1.165, 1.54) is 9.47 Å². The number of hydrogen-bond acceptors (Lipinski definition) is 6. The van der Waals surface area contributed by atoms with E-state index in [1.54, 1.807) is 0 Å². The number of likely N-dealkylation sites (tertiary alicyclic amines) is 1. The summed E-state index contributed by atoms with van der Waals surface area (Å²) in [4.78, 5) is 42.8. The van der Waals surface area contributed by atoms with Crippen molar-refractivity contribution in [1.29, 1.82) is 5.26 Å². The van der Waals surface area contributed by atoms with Crippen LogP contribution >= 0.6 is 0 Å². The molecular formula is C19H21F3N6O3. The maximum Gasteiger partial charge on any atom is 0.434 e. The fourth-order valence-electron chi connectivity index (χ4n) is 4.41. The molecule has 1 aromatic rings. The minimum atomic E-state index is -4.56. The monoisotopic (exact) mass is 438 g/mol. The molecule has 0 saturated carbocycles. The van der Waals surface area contributed by atoms with Gasteiger partial charge in [-0.1, -0.05) is 0 Å². The number of amides is 2. The Bertz CT molecular complexity index is 953. The van der Waals surface area contributed by atoms with Crippen molar-refractivity contribution in [1.82, 2.24) is 25.1 Å². The van der Waals surface area contributed by atoms with Gasteiger partial charge in [-0.15, -0.1) is 0 Å². The highest BCUT2D eigenvalue weighted by Gasteiger charge is 2.42. The molecule has 1 unspecified atom stereocenters.